The third-order valence-corrected chi connectivity index (χ3v) is 6.45. The smallest absolute Gasteiger partial charge is 0.263 e. The lowest BCUT2D eigenvalue weighted by Crippen LogP contribution is -2.31. The molecule has 0 bridgehead atoms. The molecule has 8 heteroatoms. The van der Waals surface area contributed by atoms with Crippen molar-refractivity contribution < 1.29 is 9.18 Å². The molecule has 0 aliphatic heterocycles. The number of aryl methyl sites for hydroxylation is 2. The summed E-state index contributed by atoms with van der Waals surface area (Å²) >= 11 is 7.43. The number of hydrogen-bond donors (Lipinski definition) is 1. The number of hydrogen-bond acceptors (Lipinski definition) is 4. The van der Waals surface area contributed by atoms with Crippen LogP contribution in [0.2, 0.25) is 5.02 Å². The summed E-state index contributed by atoms with van der Waals surface area (Å²) in [6, 6.07) is 10.4. The van der Waals surface area contributed by atoms with Crippen LogP contribution in [0.15, 0.2) is 53.6 Å². The standard InChI is InChI=1S/C23H19ClFN3O2S/c1-12-4-7-16(24)10-18(12)27-21(29)13(2)28-11-26-22-20(23(28)30)19(14(3)31-22)15-5-8-17(25)9-6-15/h4-11,13H,1-3H3,(H,27,29). The third kappa shape index (κ3) is 3.98. The van der Waals surface area contributed by atoms with E-state index in [0.717, 1.165) is 16.0 Å². The first-order valence-electron chi connectivity index (χ1n) is 9.59. The van der Waals surface area contributed by atoms with Crippen molar-refractivity contribution in [2.45, 2.75) is 26.8 Å². The minimum absolute atomic E-state index is 0.320. The molecule has 1 unspecified atom stereocenters. The molecule has 2 aromatic heterocycles. The molecule has 158 valence electrons. The van der Waals surface area contributed by atoms with Crippen LogP contribution in [0.25, 0.3) is 21.3 Å². The predicted octanol–water partition coefficient (Wildman–Crippen LogP) is 5.73. The quantitative estimate of drug-likeness (QED) is 0.427. The SMILES string of the molecule is Cc1ccc(Cl)cc1NC(=O)C(C)n1cnc2sc(C)c(-c3ccc(F)cc3)c2c1=O. The molecule has 0 spiro atoms. The average molecular weight is 456 g/mol. The number of carbonyl (C=O) groups is 1. The Balaban J connectivity index is 1.76. The van der Waals surface area contributed by atoms with Gasteiger partial charge in [-0.1, -0.05) is 29.8 Å². The average Bonchev–Trinajstić information content (AvgIpc) is 3.08. The molecule has 1 N–H and O–H groups in total. The molecule has 4 rings (SSSR count). The maximum atomic E-state index is 13.4. The lowest BCUT2D eigenvalue weighted by Gasteiger charge is -2.16. The summed E-state index contributed by atoms with van der Waals surface area (Å²) < 4.78 is 14.7. The fourth-order valence-corrected chi connectivity index (χ4v) is 4.62. The number of fused-ring (bicyclic) bond motifs is 1. The number of benzene rings is 2. The number of carbonyl (C=O) groups excluding carboxylic acids is 1. The highest BCUT2D eigenvalue weighted by Gasteiger charge is 2.22. The van der Waals surface area contributed by atoms with Gasteiger partial charge in [0.2, 0.25) is 5.91 Å². The van der Waals surface area contributed by atoms with Gasteiger partial charge in [-0.3, -0.25) is 14.2 Å². The second kappa shape index (κ2) is 8.24. The molecule has 1 atom stereocenters. The highest BCUT2D eigenvalue weighted by Crippen LogP contribution is 2.35. The van der Waals surface area contributed by atoms with Crippen molar-refractivity contribution in [3.8, 4) is 11.1 Å². The lowest BCUT2D eigenvalue weighted by atomic mass is 10.0. The van der Waals surface area contributed by atoms with Gasteiger partial charge in [-0.2, -0.15) is 0 Å². The molecule has 0 saturated heterocycles. The fraction of sp³-hybridized carbons (Fsp3) is 0.174. The summed E-state index contributed by atoms with van der Waals surface area (Å²) in [6.45, 7) is 5.40. The van der Waals surface area contributed by atoms with E-state index in [9.17, 15) is 14.0 Å². The third-order valence-electron chi connectivity index (χ3n) is 5.20. The Hall–Kier alpha value is -3.03. The summed E-state index contributed by atoms with van der Waals surface area (Å²) in [5.74, 6) is -0.707. The van der Waals surface area contributed by atoms with Crippen LogP contribution in [0.4, 0.5) is 10.1 Å². The monoisotopic (exact) mass is 455 g/mol. The van der Waals surface area contributed by atoms with Gasteiger partial charge in [0.25, 0.3) is 5.56 Å². The fourth-order valence-electron chi connectivity index (χ4n) is 3.45. The Bertz CT molecular complexity index is 1360. The van der Waals surface area contributed by atoms with Crippen LogP contribution in [-0.4, -0.2) is 15.5 Å². The van der Waals surface area contributed by atoms with Crippen molar-refractivity contribution in [1.29, 1.82) is 0 Å². The minimum Gasteiger partial charge on any atom is -0.324 e. The molecule has 0 aliphatic rings. The zero-order valence-corrected chi connectivity index (χ0v) is 18.6. The first kappa shape index (κ1) is 21.2. The van der Waals surface area contributed by atoms with Gasteiger partial charge in [-0.15, -0.1) is 11.3 Å². The van der Waals surface area contributed by atoms with Gasteiger partial charge in [0.15, 0.2) is 0 Å². The minimum atomic E-state index is -0.802. The van der Waals surface area contributed by atoms with Crippen LogP contribution in [-0.2, 0) is 4.79 Å². The van der Waals surface area contributed by atoms with E-state index in [1.165, 1.54) is 34.4 Å². The number of rotatable bonds is 4. The van der Waals surface area contributed by atoms with Crippen LogP contribution in [0.1, 0.15) is 23.4 Å². The molecule has 0 radical (unpaired) electrons. The number of halogens is 2. The molecule has 0 saturated carbocycles. The van der Waals surface area contributed by atoms with Gasteiger partial charge in [-0.25, -0.2) is 9.37 Å². The molecule has 1 amide bonds. The van der Waals surface area contributed by atoms with Crippen molar-refractivity contribution in [1.82, 2.24) is 9.55 Å². The highest BCUT2D eigenvalue weighted by atomic mass is 35.5. The summed E-state index contributed by atoms with van der Waals surface area (Å²) in [4.78, 5) is 32.2. The second-order valence-corrected chi connectivity index (χ2v) is 8.94. The van der Waals surface area contributed by atoms with Crippen molar-refractivity contribution in [2.24, 2.45) is 0 Å². The van der Waals surface area contributed by atoms with Gasteiger partial charge in [0.1, 0.15) is 16.7 Å². The molecule has 2 heterocycles. The number of thiophene rings is 1. The van der Waals surface area contributed by atoms with E-state index in [1.807, 2.05) is 19.9 Å². The summed E-state index contributed by atoms with van der Waals surface area (Å²) in [6.07, 6.45) is 1.39. The Morgan fingerprint density at radius 3 is 2.61 bits per heavy atom. The summed E-state index contributed by atoms with van der Waals surface area (Å²) in [7, 11) is 0. The molecule has 5 nitrogen and oxygen atoms in total. The van der Waals surface area contributed by atoms with E-state index < -0.39 is 6.04 Å². The van der Waals surface area contributed by atoms with E-state index in [-0.39, 0.29) is 17.3 Å². The van der Waals surface area contributed by atoms with Crippen molar-refractivity contribution in [2.75, 3.05) is 5.32 Å². The zero-order chi connectivity index (χ0) is 22.3. The van der Waals surface area contributed by atoms with E-state index in [1.54, 1.807) is 31.2 Å². The van der Waals surface area contributed by atoms with Gasteiger partial charge < -0.3 is 5.32 Å². The van der Waals surface area contributed by atoms with Gasteiger partial charge in [0, 0.05) is 21.2 Å². The van der Waals surface area contributed by atoms with Crippen molar-refractivity contribution >= 4 is 44.7 Å². The number of aromatic nitrogens is 2. The number of anilines is 1. The maximum absolute atomic E-state index is 13.4. The summed E-state index contributed by atoms with van der Waals surface area (Å²) in [5, 5.41) is 3.76. The Morgan fingerprint density at radius 2 is 1.90 bits per heavy atom. The van der Waals surface area contributed by atoms with E-state index >= 15 is 0 Å². The van der Waals surface area contributed by atoms with Crippen LogP contribution in [0.3, 0.4) is 0 Å². The molecule has 0 aliphatic carbocycles. The van der Waals surface area contributed by atoms with Crippen molar-refractivity contribution in [3.05, 3.63) is 80.4 Å². The van der Waals surface area contributed by atoms with Gasteiger partial charge in [-0.05, 0) is 56.2 Å². The summed E-state index contributed by atoms with van der Waals surface area (Å²) in [5.41, 5.74) is 2.57. The molecule has 4 aromatic rings. The number of nitrogens with one attached hydrogen (secondary N) is 1. The van der Waals surface area contributed by atoms with Crippen LogP contribution < -0.4 is 10.9 Å². The van der Waals surface area contributed by atoms with E-state index in [0.29, 0.717) is 26.5 Å². The molecular weight excluding hydrogens is 437 g/mol. The Kier molecular flexibility index (Phi) is 5.64. The molecule has 0 fully saturated rings. The van der Waals surface area contributed by atoms with E-state index in [2.05, 4.69) is 10.3 Å². The Labute approximate surface area is 187 Å². The second-order valence-electron chi connectivity index (χ2n) is 7.30. The zero-order valence-electron chi connectivity index (χ0n) is 17.1. The van der Waals surface area contributed by atoms with Crippen LogP contribution >= 0.6 is 22.9 Å². The van der Waals surface area contributed by atoms with Crippen molar-refractivity contribution in [3.63, 3.8) is 0 Å². The molecule has 31 heavy (non-hydrogen) atoms. The van der Waals surface area contributed by atoms with Gasteiger partial charge in [0.05, 0.1) is 11.7 Å². The van der Waals surface area contributed by atoms with Crippen LogP contribution in [0.5, 0.6) is 0 Å². The highest BCUT2D eigenvalue weighted by molar-refractivity contribution is 7.19. The first-order chi connectivity index (χ1) is 14.8. The van der Waals surface area contributed by atoms with Gasteiger partial charge >= 0.3 is 0 Å². The first-order valence-corrected chi connectivity index (χ1v) is 10.8. The maximum Gasteiger partial charge on any atom is 0.263 e. The lowest BCUT2D eigenvalue weighted by molar-refractivity contribution is -0.118. The number of nitrogens with zero attached hydrogens (tertiary/aromatic N) is 2. The largest absolute Gasteiger partial charge is 0.324 e. The Morgan fingerprint density at radius 1 is 1.19 bits per heavy atom. The molecule has 2 aromatic carbocycles. The predicted molar refractivity (Wildman–Crippen MR) is 124 cm³/mol. The normalized spacial score (nSPS) is 12.2. The van der Waals surface area contributed by atoms with E-state index in [4.69, 9.17) is 11.6 Å². The molecular formula is C23H19ClFN3O2S. The van der Waals surface area contributed by atoms with Crippen LogP contribution in [0, 0.1) is 19.7 Å². The number of amides is 1. The topological polar surface area (TPSA) is 64.0 Å².